The number of allylic oxidation sites excluding steroid dienone is 1. The molecule has 0 bridgehead atoms. The normalized spacial score (nSPS) is 18.6. The summed E-state index contributed by atoms with van der Waals surface area (Å²) in [7, 11) is -7.86. The number of pyridine rings is 1. The minimum Gasteiger partial charge on any atom is -0.455 e. The van der Waals surface area contributed by atoms with Crippen molar-refractivity contribution < 1.29 is 49.2 Å². The number of rotatable bonds is 16. The fourth-order valence-electron chi connectivity index (χ4n) is 9.40. The number of carbonyl (C=O) groups excluding carboxylic acids is 1. The molecule has 0 amide bonds. The number of aryl methyl sites for hydroxylation is 1. The van der Waals surface area contributed by atoms with Gasteiger partial charge in [0.25, 0.3) is 5.69 Å². The topological polar surface area (TPSA) is 197 Å². The van der Waals surface area contributed by atoms with Crippen molar-refractivity contribution in [2.24, 2.45) is 5.41 Å². The number of morpholine rings is 1. The summed E-state index contributed by atoms with van der Waals surface area (Å²) in [4.78, 5) is 37.0. The summed E-state index contributed by atoms with van der Waals surface area (Å²) in [6.45, 7) is 10.1. The second-order valence-electron chi connectivity index (χ2n) is 19.0. The van der Waals surface area contributed by atoms with Crippen LogP contribution in [0.25, 0.3) is 16.6 Å². The highest BCUT2D eigenvalue weighted by molar-refractivity contribution is 7.92. The standard InChI is InChI=1S/C49H56F3N7O9S2/c1-32-23-35(49(50,51)52)5-8-40(32)42-27-48(2,3)14-11-34(42)29-56-17-19-57(20-18-56)36-6-9-41(46(25-36)68-38-24-33-12-15-54-47(33)55-28-38)45(60)31-70(65,66)39-7-10-43(44(26-39)59(61)62)53-16-13-37-30-58(21-22-67-37)69(4,63)64/h5-10,12,15,23-26,28,37,53H,11,13-14,16-22,27,29-31H2,1-4H3,(H,54,55). The molecule has 21 heteroatoms. The number of nitro groups is 1. The molecule has 3 aromatic carbocycles. The third-order valence-electron chi connectivity index (χ3n) is 13.3. The Balaban J connectivity index is 0.982. The highest BCUT2D eigenvalue weighted by atomic mass is 32.2. The van der Waals surface area contributed by atoms with E-state index in [4.69, 9.17) is 9.47 Å². The van der Waals surface area contributed by atoms with Crippen LogP contribution in [-0.4, -0.2) is 124 Å². The molecule has 1 unspecified atom stereocenters. The maximum absolute atomic E-state index is 14.1. The van der Waals surface area contributed by atoms with Crippen LogP contribution in [0, 0.1) is 22.5 Å². The van der Waals surface area contributed by atoms with E-state index >= 15 is 0 Å². The average Bonchev–Trinajstić information content (AvgIpc) is 3.77. The van der Waals surface area contributed by atoms with Gasteiger partial charge in [0, 0.05) is 81.8 Å². The number of ether oxygens (including phenoxy) is 2. The Morgan fingerprint density at radius 1 is 1.01 bits per heavy atom. The van der Waals surface area contributed by atoms with E-state index in [9.17, 15) is 44.9 Å². The summed E-state index contributed by atoms with van der Waals surface area (Å²) < 4.78 is 106. The van der Waals surface area contributed by atoms with Gasteiger partial charge in [0.2, 0.25) is 10.0 Å². The summed E-state index contributed by atoms with van der Waals surface area (Å²) in [6.07, 6.45) is 2.33. The first-order valence-corrected chi connectivity index (χ1v) is 26.5. The van der Waals surface area contributed by atoms with E-state index in [1.165, 1.54) is 46.4 Å². The molecule has 2 fully saturated rings. The average molecular weight is 1010 g/mol. The monoisotopic (exact) mass is 1010 g/mol. The van der Waals surface area contributed by atoms with E-state index in [1.54, 1.807) is 43.5 Å². The molecule has 3 aliphatic rings. The van der Waals surface area contributed by atoms with Crippen LogP contribution >= 0.6 is 0 Å². The minimum atomic E-state index is -4.44. The molecule has 2 aliphatic heterocycles. The number of hydrogen-bond acceptors (Lipinski definition) is 13. The number of nitrogens with zero attached hydrogens (tertiary/aromatic N) is 5. The number of Topliss-reactive ketones (excluding diaryl/α,β-unsaturated/α-hetero) is 1. The summed E-state index contributed by atoms with van der Waals surface area (Å²) in [5, 5.41) is 15.9. The Labute approximate surface area is 405 Å². The van der Waals surface area contributed by atoms with Crippen molar-refractivity contribution in [3.05, 3.63) is 117 Å². The lowest BCUT2D eigenvalue weighted by Crippen LogP contribution is -2.47. The fraction of sp³-hybridized carbons (Fsp3) is 0.429. The smallest absolute Gasteiger partial charge is 0.416 e. The van der Waals surface area contributed by atoms with Crippen LogP contribution in [0.15, 0.2) is 89.6 Å². The highest BCUT2D eigenvalue weighted by Gasteiger charge is 2.34. The molecule has 374 valence electrons. The Morgan fingerprint density at radius 2 is 1.79 bits per heavy atom. The molecule has 70 heavy (non-hydrogen) atoms. The number of nitrogens with one attached hydrogen (secondary N) is 2. The summed E-state index contributed by atoms with van der Waals surface area (Å²) in [6, 6.07) is 15.9. The van der Waals surface area contributed by atoms with Crippen molar-refractivity contribution in [2.75, 3.05) is 81.2 Å². The van der Waals surface area contributed by atoms with Gasteiger partial charge in [0.15, 0.2) is 15.6 Å². The first kappa shape index (κ1) is 50.5. The molecule has 8 rings (SSSR count). The van der Waals surface area contributed by atoms with Crippen LogP contribution in [-0.2, 0) is 30.8 Å². The number of benzene rings is 3. The lowest BCUT2D eigenvalue weighted by atomic mass is 9.72. The van der Waals surface area contributed by atoms with Gasteiger partial charge < -0.3 is 24.7 Å². The van der Waals surface area contributed by atoms with E-state index in [0.29, 0.717) is 56.1 Å². The number of piperazine rings is 1. The number of sulfonamides is 1. The van der Waals surface area contributed by atoms with E-state index < -0.39 is 64.7 Å². The van der Waals surface area contributed by atoms with Gasteiger partial charge >= 0.3 is 6.18 Å². The number of anilines is 2. The van der Waals surface area contributed by atoms with E-state index in [1.807, 2.05) is 0 Å². The molecule has 1 aliphatic carbocycles. The number of H-pyrrole nitrogens is 1. The molecular weight excluding hydrogens is 952 g/mol. The zero-order chi connectivity index (χ0) is 50.2. The number of aromatic nitrogens is 2. The molecule has 5 aromatic rings. The second kappa shape index (κ2) is 20.1. The number of hydrogen-bond donors (Lipinski definition) is 2. The van der Waals surface area contributed by atoms with Gasteiger partial charge in [-0.2, -0.15) is 17.5 Å². The molecular formula is C49H56F3N7O9S2. The molecule has 2 saturated heterocycles. The number of fused-ring (bicyclic) bond motifs is 1. The molecule has 16 nitrogen and oxygen atoms in total. The van der Waals surface area contributed by atoms with Crippen LogP contribution < -0.4 is 15.0 Å². The van der Waals surface area contributed by atoms with Crippen LogP contribution in [0.4, 0.5) is 30.2 Å². The zero-order valence-corrected chi connectivity index (χ0v) is 41.0. The molecule has 1 atom stereocenters. The molecule has 2 aromatic heterocycles. The maximum Gasteiger partial charge on any atom is 0.416 e. The summed E-state index contributed by atoms with van der Waals surface area (Å²) in [5.41, 5.74) is 3.97. The quantitative estimate of drug-likeness (QED) is 0.0543. The van der Waals surface area contributed by atoms with E-state index in [-0.39, 0.29) is 48.7 Å². The Morgan fingerprint density at radius 3 is 2.50 bits per heavy atom. The van der Waals surface area contributed by atoms with Gasteiger partial charge in [-0.05, 0) is 103 Å². The maximum atomic E-state index is 14.1. The largest absolute Gasteiger partial charge is 0.455 e. The number of halogens is 3. The Kier molecular flexibility index (Phi) is 14.5. The summed E-state index contributed by atoms with van der Waals surface area (Å²) >= 11 is 0. The third-order valence-corrected chi connectivity index (χ3v) is 16.2. The lowest BCUT2D eigenvalue weighted by Gasteiger charge is -2.39. The van der Waals surface area contributed by atoms with Crippen LogP contribution in [0.1, 0.15) is 66.6 Å². The number of sulfone groups is 1. The number of carbonyl (C=O) groups is 1. The first-order chi connectivity index (χ1) is 33.0. The molecule has 0 spiro atoms. The number of ketones is 1. The highest BCUT2D eigenvalue weighted by Crippen LogP contribution is 2.45. The van der Waals surface area contributed by atoms with Gasteiger partial charge in [-0.3, -0.25) is 19.8 Å². The van der Waals surface area contributed by atoms with Crippen molar-refractivity contribution in [2.45, 2.75) is 63.6 Å². The SMILES string of the molecule is Cc1cc(C(F)(F)F)ccc1C1=C(CN2CCN(c3ccc(C(=O)CS(=O)(=O)c4ccc(NCCC5CN(S(C)(=O)=O)CCO5)c([N+](=O)[O-])c4)c(Oc4cnc5[nH]ccc5c4)c3)CC2)CCC(C)(C)C1. The fourth-order valence-corrected chi connectivity index (χ4v) is 11.5. The molecule has 0 radical (unpaired) electrons. The zero-order valence-electron chi connectivity index (χ0n) is 39.3. The second-order valence-corrected chi connectivity index (χ2v) is 23.0. The van der Waals surface area contributed by atoms with Crippen molar-refractivity contribution in [3.8, 4) is 11.5 Å². The van der Waals surface area contributed by atoms with Crippen LogP contribution in [0.5, 0.6) is 11.5 Å². The third kappa shape index (κ3) is 11.8. The van der Waals surface area contributed by atoms with Gasteiger partial charge in [-0.25, -0.2) is 21.8 Å². The Hall–Kier alpha value is -5.87. The first-order valence-electron chi connectivity index (χ1n) is 23.0. The van der Waals surface area contributed by atoms with Crippen molar-refractivity contribution in [3.63, 3.8) is 0 Å². The predicted molar refractivity (Wildman–Crippen MR) is 261 cm³/mol. The van der Waals surface area contributed by atoms with Crippen LogP contribution in [0.3, 0.4) is 0 Å². The summed E-state index contributed by atoms with van der Waals surface area (Å²) in [5.74, 6) is -1.42. The van der Waals surface area contributed by atoms with Gasteiger partial charge in [-0.15, -0.1) is 0 Å². The molecule has 2 N–H and O–H groups in total. The van der Waals surface area contributed by atoms with Gasteiger partial charge in [-0.1, -0.05) is 25.5 Å². The number of alkyl halides is 3. The van der Waals surface area contributed by atoms with E-state index in [0.717, 1.165) is 53.8 Å². The van der Waals surface area contributed by atoms with Gasteiger partial charge in [0.05, 0.1) is 46.1 Å². The van der Waals surface area contributed by atoms with Gasteiger partial charge in [0.1, 0.15) is 28.6 Å². The Bertz CT molecular complexity index is 3060. The molecule has 4 heterocycles. The van der Waals surface area contributed by atoms with Crippen molar-refractivity contribution in [1.82, 2.24) is 19.2 Å². The van der Waals surface area contributed by atoms with Crippen LogP contribution in [0.2, 0.25) is 0 Å². The number of nitro benzene ring substituents is 1. The van der Waals surface area contributed by atoms with Crippen molar-refractivity contribution >= 4 is 59.3 Å². The van der Waals surface area contributed by atoms with E-state index in [2.05, 4.69) is 38.9 Å². The molecule has 0 saturated carbocycles. The lowest BCUT2D eigenvalue weighted by molar-refractivity contribution is -0.384. The minimum absolute atomic E-state index is 0.000385. The number of aromatic amines is 1. The van der Waals surface area contributed by atoms with Crippen molar-refractivity contribution in [1.29, 1.82) is 0 Å². The predicted octanol–water partition coefficient (Wildman–Crippen LogP) is 8.50.